The van der Waals surface area contributed by atoms with E-state index in [0.29, 0.717) is 10.9 Å². The Morgan fingerprint density at radius 2 is 1.89 bits per heavy atom. The Morgan fingerprint density at radius 3 is 2.37 bits per heavy atom. The number of nitrogens with one attached hydrogen (secondary N) is 1. The first-order valence-corrected chi connectivity index (χ1v) is 7.87. The molecule has 2 aliphatic rings. The van der Waals surface area contributed by atoms with Gasteiger partial charge in [-0.1, -0.05) is 45.3 Å². The molecule has 0 aliphatic heterocycles. The lowest BCUT2D eigenvalue weighted by Gasteiger charge is -2.45. The fraction of sp³-hybridized carbons (Fsp3) is 0.867. The molecule has 1 amide bonds. The van der Waals surface area contributed by atoms with Crippen LogP contribution in [0.3, 0.4) is 0 Å². The van der Waals surface area contributed by atoms with Crippen molar-refractivity contribution in [3.05, 3.63) is 0 Å². The number of amides is 1. The van der Waals surface area contributed by atoms with Crippen LogP contribution in [0, 0.1) is 16.7 Å². The van der Waals surface area contributed by atoms with Gasteiger partial charge in [-0.15, -0.1) is 0 Å². The highest BCUT2D eigenvalue weighted by molar-refractivity contribution is 7.80. The molecule has 2 fully saturated rings. The normalized spacial score (nSPS) is 33.3. The van der Waals surface area contributed by atoms with Crippen LogP contribution in [-0.2, 0) is 4.79 Å². The van der Waals surface area contributed by atoms with E-state index < -0.39 is 5.41 Å². The molecule has 0 spiro atoms. The van der Waals surface area contributed by atoms with Crippen LogP contribution in [0.25, 0.3) is 0 Å². The SMILES string of the molecule is CC1CC(C(=O)NCC2(C)CCCCC2)(C(N)=S)C1. The summed E-state index contributed by atoms with van der Waals surface area (Å²) in [4.78, 5) is 12.8. The van der Waals surface area contributed by atoms with E-state index in [1.807, 2.05) is 0 Å². The predicted octanol–water partition coefficient (Wildman–Crippen LogP) is 2.78. The summed E-state index contributed by atoms with van der Waals surface area (Å²) in [6.07, 6.45) is 7.94. The average Bonchev–Trinajstić information content (AvgIpc) is 2.32. The molecule has 2 aliphatic carbocycles. The Hall–Kier alpha value is -0.640. The van der Waals surface area contributed by atoms with Crippen molar-refractivity contribution in [2.75, 3.05) is 6.54 Å². The summed E-state index contributed by atoms with van der Waals surface area (Å²) in [6.45, 7) is 5.19. The van der Waals surface area contributed by atoms with Gasteiger partial charge >= 0.3 is 0 Å². The van der Waals surface area contributed by atoms with Crippen LogP contribution >= 0.6 is 12.2 Å². The molecule has 0 saturated heterocycles. The molecule has 0 bridgehead atoms. The summed E-state index contributed by atoms with van der Waals surface area (Å²) in [5.41, 5.74) is 5.52. The lowest BCUT2D eigenvalue weighted by Crippen LogP contribution is -2.57. The van der Waals surface area contributed by atoms with Gasteiger partial charge in [-0.3, -0.25) is 4.79 Å². The first kappa shape index (κ1) is 14.8. The van der Waals surface area contributed by atoms with Gasteiger partial charge in [0, 0.05) is 6.54 Å². The zero-order valence-electron chi connectivity index (χ0n) is 12.1. The molecule has 0 unspecified atom stereocenters. The van der Waals surface area contributed by atoms with Crippen LogP contribution in [0.2, 0.25) is 0 Å². The van der Waals surface area contributed by atoms with Gasteiger partial charge < -0.3 is 11.1 Å². The Labute approximate surface area is 121 Å². The summed E-state index contributed by atoms with van der Waals surface area (Å²) in [6, 6.07) is 0. The highest BCUT2D eigenvalue weighted by Crippen LogP contribution is 2.46. The number of carbonyl (C=O) groups is 1. The molecule has 0 heterocycles. The van der Waals surface area contributed by atoms with Crippen LogP contribution in [0.5, 0.6) is 0 Å². The summed E-state index contributed by atoms with van der Waals surface area (Å²) in [7, 11) is 0. The van der Waals surface area contributed by atoms with Gasteiger partial charge in [0.15, 0.2) is 0 Å². The van der Waals surface area contributed by atoms with E-state index in [2.05, 4.69) is 19.2 Å². The molecule has 0 aromatic carbocycles. The van der Waals surface area contributed by atoms with Crippen molar-refractivity contribution in [1.82, 2.24) is 5.32 Å². The Bertz CT molecular complexity index is 368. The minimum Gasteiger partial charge on any atom is -0.392 e. The van der Waals surface area contributed by atoms with Crippen molar-refractivity contribution in [2.24, 2.45) is 22.5 Å². The predicted molar refractivity (Wildman–Crippen MR) is 81.8 cm³/mol. The van der Waals surface area contributed by atoms with Gasteiger partial charge in [0.05, 0.1) is 10.4 Å². The summed E-state index contributed by atoms with van der Waals surface area (Å²) >= 11 is 5.13. The van der Waals surface area contributed by atoms with Gasteiger partial charge in [-0.05, 0) is 37.0 Å². The zero-order chi connectivity index (χ0) is 14.1. The molecular formula is C15H26N2OS. The minimum atomic E-state index is -0.556. The monoisotopic (exact) mass is 282 g/mol. The quantitative estimate of drug-likeness (QED) is 0.780. The maximum absolute atomic E-state index is 12.4. The third-order valence-electron chi connectivity index (χ3n) is 5.04. The van der Waals surface area contributed by atoms with Crippen molar-refractivity contribution < 1.29 is 4.79 Å². The highest BCUT2D eigenvalue weighted by Gasteiger charge is 2.51. The molecule has 2 rings (SSSR count). The largest absolute Gasteiger partial charge is 0.392 e. The van der Waals surface area contributed by atoms with Crippen molar-refractivity contribution in [1.29, 1.82) is 0 Å². The summed E-state index contributed by atoms with van der Waals surface area (Å²) in [5.74, 6) is 0.613. The van der Waals surface area contributed by atoms with Gasteiger partial charge in [0.25, 0.3) is 0 Å². The zero-order valence-corrected chi connectivity index (χ0v) is 12.9. The van der Waals surface area contributed by atoms with E-state index in [1.165, 1.54) is 32.1 Å². The van der Waals surface area contributed by atoms with Crippen molar-refractivity contribution in [2.45, 2.75) is 58.8 Å². The lowest BCUT2D eigenvalue weighted by atomic mass is 9.62. The first-order chi connectivity index (χ1) is 8.88. The molecular weight excluding hydrogens is 256 g/mol. The number of hydrogen-bond acceptors (Lipinski definition) is 2. The van der Waals surface area contributed by atoms with Crippen LogP contribution in [0.1, 0.15) is 58.8 Å². The lowest BCUT2D eigenvalue weighted by molar-refractivity contribution is -0.133. The topological polar surface area (TPSA) is 55.1 Å². The van der Waals surface area contributed by atoms with Gasteiger partial charge in [-0.2, -0.15) is 0 Å². The van der Waals surface area contributed by atoms with Crippen LogP contribution < -0.4 is 11.1 Å². The van der Waals surface area contributed by atoms with Crippen molar-refractivity contribution >= 4 is 23.1 Å². The van der Waals surface area contributed by atoms with Crippen molar-refractivity contribution in [3.63, 3.8) is 0 Å². The second kappa shape index (κ2) is 5.39. The molecule has 4 heteroatoms. The average molecular weight is 282 g/mol. The number of hydrogen-bond donors (Lipinski definition) is 2. The maximum atomic E-state index is 12.4. The number of nitrogens with two attached hydrogens (primary N) is 1. The molecule has 0 atom stereocenters. The summed E-state index contributed by atoms with van der Waals surface area (Å²) < 4.78 is 0. The van der Waals surface area contributed by atoms with E-state index >= 15 is 0 Å². The Balaban J connectivity index is 1.91. The minimum absolute atomic E-state index is 0.0601. The van der Waals surface area contributed by atoms with Gasteiger partial charge in [0.2, 0.25) is 5.91 Å². The molecule has 0 radical (unpaired) electrons. The highest BCUT2D eigenvalue weighted by atomic mass is 32.1. The second-order valence-electron chi connectivity index (χ2n) is 7.01. The van der Waals surface area contributed by atoms with Crippen LogP contribution in [0.15, 0.2) is 0 Å². The molecule has 108 valence electrons. The number of carbonyl (C=O) groups excluding carboxylic acids is 1. The smallest absolute Gasteiger partial charge is 0.233 e. The summed E-state index contributed by atoms with van der Waals surface area (Å²) in [5, 5.41) is 3.13. The van der Waals surface area contributed by atoms with E-state index in [1.54, 1.807) is 0 Å². The van der Waals surface area contributed by atoms with Crippen LogP contribution in [-0.4, -0.2) is 17.4 Å². The fourth-order valence-electron chi connectivity index (χ4n) is 3.67. The first-order valence-electron chi connectivity index (χ1n) is 7.46. The Kier molecular flexibility index (Phi) is 4.19. The molecule has 0 aromatic heterocycles. The van der Waals surface area contributed by atoms with Gasteiger partial charge in [-0.25, -0.2) is 0 Å². The third kappa shape index (κ3) is 2.93. The van der Waals surface area contributed by atoms with E-state index in [0.717, 1.165) is 19.4 Å². The fourth-order valence-corrected chi connectivity index (χ4v) is 3.93. The third-order valence-corrected chi connectivity index (χ3v) is 5.43. The van der Waals surface area contributed by atoms with Crippen LogP contribution in [0.4, 0.5) is 0 Å². The molecule has 19 heavy (non-hydrogen) atoms. The van der Waals surface area contributed by atoms with E-state index in [4.69, 9.17) is 18.0 Å². The Morgan fingerprint density at radius 1 is 1.32 bits per heavy atom. The van der Waals surface area contributed by atoms with Crippen molar-refractivity contribution in [3.8, 4) is 0 Å². The molecule has 3 nitrogen and oxygen atoms in total. The van der Waals surface area contributed by atoms with E-state index in [9.17, 15) is 4.79 Å². The molecule has 2 saturated carbocycles. The van der Waals surface area contributed by atoms with E-state index in [-0.39, 0.29) is 11.3 Å². The number of thiocarbonyl (C=S) groups is 1. The van der Waals surface area contributed by atoms with Gasteiger partial charge in [0.1, 0.15) is 0 Å². The molecule has 3 N–H and O–H groups in total. The number of rotatable bonds is 4. The maximum Gasteiger partial charge on any atom is 0.233 e. The second-order valence-corrected chi connectivity index (χ2v) is 7.45. The molecule has 0 aromatic rings. The standard InChI is InChI=1S/C15H26N2OS/c1-11-8-15(9-11,12(16)19)13(18)17-10-14(2)6-4-3-5-7-14/h11H,3-10H2,1-2H3,(H2,16,19)(H,17,18).